The standard InChI is InChI=1S/C15H16N4O7S2/c16-15-17-6(3-28-15)5(1-2-8(21)22)11(23)18-9-12(24)19-10(14(25)26)7(20)4-27-13(9)19/h1,3,7,9-10,13,20H,2,4H2,(H2,16,17)(H,18,23)(H,21,22)(H,25,26)/b5-1-/t7?,9-,10?,13-/m1/s1. The van der Waals surface area contributed by atoms with Gasteiger partial charge in [0.05, 0.1) is 23.8 Å². The van der Waals surface area contributed by atoms with Crippen molar-refractivity contribution in [2.45, 2.75) is 30.0 Å². The Morgan fingerprint density at radius 1 is 1.39 bits per heavy atom. The fourth-order valence-electron chi connectivity index (χ4n) is 2.98. The van der Waals surface area contributed by atoms with E-state index in [1.54, 1.807) is 0 Å². The van der Waals surface area contributed by atoms with Crippen LogP contribution in [0.1, 0.15) is 12.1 Å². The summed E-state index contributed by atoms with van der Waals surface area (Å²) in [4.78, 5) is 52.3. The number of amides is 2. The van der Waals surface area contributed by atoms with Crippen LogP contribution < -0.4 is 11.1 Å². The van der Waals surface area contributed by atoms with Gasteiger partial charge in [-0.15, -0.1) is 23.1 Å². The fourth-order valence-corrected chi connectivity index (χ4v) is 4.89. The lowest BCUT2D eigenvalue weighted by molar-refractivity contribution is -0.167. The van der Waals surface area contributed by atoms with Crippen LogP contribution >= 0.6 is 23.1 Å². The SMILES string of the molecule is Nc1nc(/C(=C/CC(=O)O)C(=O)N[C@@H]2C(=O)N3C(C(=O)O)C(O)CS[C@H]23)cs1. The molecule has 28 heavy (non-hydrogen) atoms. The molecule has 6 N–H and O–H groups in total. The molecule has 0 radical (unpaired) electrons. The molecular formula is C15H16N4O7S2. The average molecular weight is 428 g/mol. The van der Waals surface area contributed by atoms with Gasteiger partial charge in [0.25, 0.3) is 5.91 Å². The number of hydrogen-bond acceptors (Lipinski definition) is 9. The van der Waals surface area contributed by atoms with E-state index in [0.717, 1.165) is 28.0 Å². The molecule has 4 atom stereocenters. The molecule has 2 amide bonds. The summed E-state index contributed by atoms with van der Waals surface area (Å²) in [5.41, 5.74) is 5.70. The molecule has 11 nitrogen and oxygen atoms in total. The summed E-state index contributed by atoms with van der Waals surface area (Å²) in [7, 11) is 0. The molecule has 0 bridgehead atoms. The van der Waals surface area contributed by atoms with E-state index in [2.05, 4.69) is 10.3 Å². The molecule has 3 rings (SSSR count). The first-order valence-corrected chi connectivity index (χ1v) is 9.92. The number of carboxylic acid groups (broad SMARTS) is 2. The number of aromatic nitrogens is 1. The van der Waals surface area contributed by atoms with Gasteiger partial charge in [-0.2, -0.15) is 0 Å². The summed E-state index contributed by atoms with van der Waals surface area (Å²) in [5, 5.41) is 31.5. The number of hydrogen-bond donors (Lipinski definition) is 5. The minimum Gasteiger partial charge on any atom is -0.481 e. The Hall–Kier alpha value is -2.64. The lowest BCUT2D eigenvalue weighted by Gasteiger charge is -2.53. The number of anilines is 1. The van der Waals surface area contributed by atoms with Crippen LogP contribution in [0.3, 0.4) is 0 Å². The zero-order valence-electron chi connectivity index (χ0n) is 14.1. The molecule has 1 aromatic rings. The Morgan fingerprint density at radius 3 is 2.68 bits per heavy atom. The number of nitrogen functional groups attached to an aromatic ring is 1. The van der Waals surface area contributed by atoms with E-state index in [9.17, 15) is 29.4 Å². The van der Waals surface area contributed by atoms with Gasteiger partial charge >= 0.3 is 11.9 Å². The number of nitrogens with two attached hydrogens (primary N) is 1. The largest absolute Gasteiger partial charge is 0.481 e. The van der Waals surface area contributed by atoms with Crippen LogP contribution in [-0.2, 0) is 19.2 Å². The van der Waals surface area contributed by atoms with Gasteiger partial charge < -0.3 is 31.3 Å². The van der Waals surface area contributed by atoms with E-state index in [0.29, 0.717) is 0 Å². The maximum absolute atomic E-state index is 12.7. The second-order valence-corrected chi connectivity index (χ2v) is 8.10. The number of nitrogens with one attached hydrogen (secondary N) is 1. The van der Waals surface area contributed by atoms with Gasteiger partial charge in [0.2, 0.25) is 5.91 Å². The first kappa shape index (κ1) is 20.1. The summed E-state index contributed by atoms with van der Waals surface area (Å²) in [5.74, 6) is -3.73. The Morgan fingerprint density at radius 2 is 2.11 bits per heavy atom. The van der Waals surface area contributed by atoms with Crippen LogP contribution in [0.15, 0.2) is 11.5 Å². The normalized spacial score (nSPS) is 27.0. The van der Waals surface area contributed by atoms with Crippen molar-refractivity contribution in [3.05, 3.63) is 17.2 Å². The van der Waals surface area contributed by atoms with Gasteiger partial charge in [0, 0.05) is 11.1 Å². The number of carbonyl (C=O) groups is 4. The molecule has 13 heteroatoms. The quantitative estimate of drug-likeness (QED) is 0.272. The van der Waals surface area contributed by atoms with E-state index >= 15 is 0 Å². The van der Waals surface area contributed by atoms with Gasteiger partial charge in [-0.1, -0.05) is 6.08 Å². The molecule has 1 aromatic heterocycles. The maximum Gasteiger partial charge on any atom is 0.329 e. The lowest BCUT2D eigenvalue weighted by Crippen LogP contribution is -2.76. The second-order valence-electron chi connectivity index (χ2n) is 6.06. The number of rotatable bonds is 6. The first-order chi connectivity index (χ1) is 13.2. The van der Waals surface area contributed by atoms with Gasteiger partial charge in [-0.3, -0.25) is 14.4 Å². The van der Waals surface area contributed by atoms with Gasteiger partial charge in [-0.05, 0) is 0 Å². The predicted octanol–water partition coefficient (Wildman–Crippen LogP) is -1.20. The number of thiazole rings is 1. The van der Waals surface area contributed by atoms with Gasteiger partial charge in [-0.25, -0.2) is 9.78 Å². The van der Waals surface area contributed by atoms with Crippen molar-refractivity contribution in [3.63, 3.8) is 0 Å². The van der Waals surface area contributed by atoms with Crippen LogP contribution in [0, 0.1) is 0 Å². The number of aliphatic carboxylic acids is 2. The number of carboxylic acids is 2. The Balaban J connectivity index is 1.77. The van der Waals surface area contributed by atoms with Crippen LogP contribution in [-0.4, -0.2) is 78.3 Å². The topological polar surface area (TPSA) is 183 Å². The molecule has 0 saturated carbocycles. The minimum atomic E-state index is -1.37. The average Bonchev–Trinajstić information content (AvgIpc) is 3.05. The van der Waals surface area contributed by atoms with Crippen molar-refractivity contribution in [1.82, 2.24) is 15.2 Å². The monoisotopic (exact) mass is 428 g/mol. The third kappa shape index (κ3) is 3.68. The summed E-state index contributed by atoms with van der Waals surface area (Å²) in [6.45, 7) is 0. The van der Waals surface area contributed by atoms with Crippen molar-refractivity contribution >= 4 is 57.6 Å². The molecule has 0 aliphatic carbocycles. The Bertz CT molecular complexity index is 870. The van der Waals surface area contributed by atoms with Crippen molar-refractivity contribution in [1.29, 1.82) is 0 Å². The summed E-state index contributed by atoms with van der Waals surface area (Å²) in [6, 6.07) is -2.36. The Labute approximate surface area is 166 Å². The molecule has 2 saturated heterocycles. The van der Waals surface area contributed by atoms with Crippen molar-refractivity contribution in [2.24, 2.45) is 0 Å². The number of fused-ring (bicyclic) bond motifs is 1. The third-order valence-corrected chi connectivity index (χ3v) is 6.29. The van der Waals surface area contributed by atoms with Gasteiger partial charge in [0.1, 0.15) is 11.4 Å². The lowest BCUT2D eigenvalue weighted by atomic mass is 9.99. The molecule has 0 spiro atoms. The zero-order chi connectivity index (χ0) is 20.6. The third-order valence-electron chi connectivity index (χ3n) is 4.24. The van der Waals surface area contributed by atoms with Crippen LogP contribution in [0.4, 0.5) is 5.13 Å². The molecule has 3 heterocycles. The molecule has 2 aliphatic rings. The van der Waals surface area contributed by atoms with E-state index in [1.807, 2.05) is 0 Å². The highest BCUT2D eigenvalue weighted by atomic mass is 32.2. The molecular weight excluding hydrogens is 412 g/mol. The van der Waals surface area contributed by atoms with Gasteiger partial charge in [0.15, 0.2) is 11.2 Å². The fraction of sp³-hybridized carbons (Fsp3) is 0.400. The summed E-state index contributed by atoms with van der Waals surface area (Å²) >= 11 is 2.23. The number of thioether (sulfide) groups is 1. The van der Waals surface area contributed by atoms with Crippen molar-refractivity contribution in [3.8, 4) is 0 Å². The van der Waals surface area contributed by atoms with E-state index in [4.69, 9.17) is 10.8 Å². The molecule has 150 valence electrons. The second kappa shape index (κ2) is 7.77. The zero-order valence-corrected chi connectivity index (χ0v) is 15.8. The van der Waals surface area contributed by atoms with Crippen molar-refractivity contribution < 1.29 is 34.5 Å². The smallest absolute Gasteiger partial charge is 0.329 e. The highest BCUT2D eigenvalue weighted by Crippen LogP contribution is 2.38. The van der Waals surface area contributed by atoms with E-state index in [1.165, 1.54) is 11.5 Å². The number of aliphatic hydroxyl groups is 1. The van der Waals surface area contributed by atoms with Crippen LogP contribution in [0.5, 0.6) is 0 Å². The summed E-state index contributed by atoms with van der Waals surface area (Å²) < 4.78 is 0. The number of aliphatic hydroxyl groups excluding tert-OH is 1. The minimum absolute atomic E-state index is 0.0442. The molecule has 2 aliphatic heterocycles. The Kier molecular flexibility index (Phi) is 5.58. The van der Waals surface area contributed by atoms with E-state index in [-0.39, 0.29) is 22.2 Å². The molecule has 0 aromatic carbocycles. The van der Waals surface area contributed by atoms with E-state index < -0.39 is 53.7 Å². The number of nitrogens with zero attached hydrogens (tertiary/aromatic N) is 2. The first-order valence-electron chi connectivity index (χ1n) is 7.99. The van der Waals surface area contributed by atoms with Crippen LogP contribution in [0.25, 0.3) is 5.57 Å². The van der Waals surface area contributed by atoms with Crippen LogP contribution in [0.2, 0.25) is 0 Å². The number of carbonyl (C=O) groups excluding carboxylic acids is 2. The number of β-lactam (4-membered cyclic amide) rings is 1. The summed E-state index contributed by atoms with van der Waals surface area (Å²) in [6.07, 6.45) is -0.468. The predicted molar refractivity (Wildman–Crippen MR) is 99.2 cm³/mol. The highest BCUT2D eigenvalue weighted by molar-refractivity contribution is 8.00. The molecule has 2 unspecified atom stereocenters. The maximum atomic E-state index is 12.7. The molecule has 2 fully saturated rings. The highest BCUT2D eigenvalue weighted by Gasteiger charge is 2.57. The van der Waals surface area contributed by atoms with Crippen molar-refractivity contribution in [2.75, 3.05) is 11.5 Å².